The Hall–Kier alpha value is -1.65. The molecule has 1 aliphatic heterocycles. The molecule has 1 fully saturated rings. The van der Waals surface area contributed by atoms with Crippen LogP contribution in [0.5, 0.6) is 0 Å². The number of H-pyrrole nitrogens is 1. The number of nitrogens with one attached hydrogen (secondary N) is 2. The third-order valence-corrected chi connectivity index (χ3v) is 3.63. The molecule has 0 saturated carbocycles. The highest BCUT2D eigenvalue weighted by Crippen LogP contribution is 2.22. The lowest BCUT2D eigenvalue weighted by atomic mass is 10.1. The highest BCUT2D eigenvalue weighted by molar-refractivity contribution is 5.62. The van der Waals surface area contributed by atoms with Crippen LogP contribution in [-0.2, 0) is 6.54 Å². The molecule has 2 N–H and O–H groups in total. The van der Waals surface area contributed by atoms with Gasteiger partial charge in [-0.3, -0.25) is 10.00 Å². The van der Waals surface area contributed by atoms with E-state index in [-0.39, 0.29) is 0 Å². The van der Waals surface area contributed by atoms with Gasteiger partial charge in [0.05, 0.1) is 11.9 Å². The summed E-state index contributed by atoms with van der Waals surface area (Å²) in [6.45, 7) is 6.47. The van der Waals surface area contributed by atoms with Crippen molar-refractivity contribution < 1.29 is 0 Å². The molecule has 1 aromatic carbocycles. The molecule has 1 atom stereocenters. The Morgan fingerprint density at radius 1 is 1.32 bits per heavy atom. The molecular formula is C15H20N4. The summed E-state index contributed by atoms with van der Waals surface area (Å²) in [5.41, 5.74) is 3.63. The Labute approximate surface area is 113 Å². The fraction of sp³-hybridized carbons (Fsp3) is 0.400. The molecule has 0 radical (unpaired) electrons. The summed E-state index contributed by atoms with van der Waals surface area (Å²) in [5.74, 6) is 0. The van der Waals surface area contributed by atoms with Gasteiger partial charge in [0.25, 0.3) is 0 Å². The molecule has 4 heteroatoms. The number of benzene rings is 1. The maximum Gasteiger partial charge on any atom is 0.0695 e. The summed E-state index contributed by atoms with van der Waals surface area (Å²) < 4.78 is 0. The lowest BCUT2D eigenvalue weighted by molar-refractivity contribution is 0.200. The van der Waals surface area contributed by atoms with Crippen molar-refractivity contribution in [1.82, 2.24) is 20.4 Å². The van der Waals surface area contributed by atoms with E-state index in [0.29, 0.717) is 6.04 Å². The zero-order valence-electron chi connectivity index (χ0n) is 11.3. The van der Waals surface area contributed by atoms with E-state index in [2.05, 4.69) is 51.6 Å². The summed E-state index contributed by atoms with van der Waals surface area (Å²) >= 11 is 0. The van der Waals surface area contributed by atoms with Crippen molar-refractivity contribution in [3.63, 3.8) is 0 Å². The van der Waals surface area contributed by atoms with Crippen molar-refractivity contribution in [1.29, 1.82) is 0 Å². The fourth-order valence-corrected chi connectivity index (χ4v) is 2.68. The first kappa shape index (κ1) is 12.4. The molecular weight excluding hydrogens is 236 g/mol. The van der Waals surface area contributed by atoms with Gasteiger partial charge in [0.2, 0.25) is 0 Å². The smallest absolute Gasteiger partial charge is 0.0695 e. The number of hydrogen-bond acceptors (Lipinski definition) is 3. The van der Waals surface area contributed by atoms with Gasteiger partial charge in [-0.2, -0.15) is 5.10 Å². The Balaban J connectivity index is 1.77. The van der Waals surface area contributed by atoms with E-state index >= 15 is 0 Å². The molecule has 1 aliphatic rings. The average Bonchev–Trinajstić information content (AvgIpc) is 2.88. The van der Waals surface area contributed by atoms with Gasteiger partial charge in [-0.1, -0.05) is 30.3 Å². The number of aromatic nitrogens is 2. The van der Waals surface area contributed by atoms with Crippen LogP contribution >= 0.6 is 0 Å². The summed E-state index contributed by atoms with van der Waals surface area (Å²) in [5, 5.41) is 10.8. The minimum Gasteiger partial charge on any atom is -0.312 e. The molecule has 1 aromatic heterocycles. The topological polar surface area (TPSA) is 44.0 Å². The quantitative estimate of drug-likeness (QED) is 0.881. The highest BCUT2D eigenvalue weighted by atomic mass is 15.2. The Kier molecular flexibility index (Phi) is 3.62. The molecule has 4 nitrogen and oxygen atoms in total. The van der Waals surface area contributed by atoms with Gasteiger partial charge in [-0.15, -0.1) is 0 Å². The molecule has 0 spiro atoms. The molecule has 2 aromatic rings. The first-order valence-electron chi connectivity index (χ1n) is 6.86. The molecule has 100 valence electrons. The lowest BCUT2D eigenvalue weighted by Crippen LogP contribution is -2.48. The van der Waals surface area contributed by atoms with Crippen LogP contribution in [-0.4, -0.2) is 40.8 Å². The van der Waals surface area contributed by atoms with Crippen LogP contribution in [0.3, 0.4) is 0 Å². The normalized spacial score (nSPS) is 20.6. The highest BCUT2D eigenvalue weighted by Gasteiger charge is 2.17. The average molecular weight is 256 g/mol. The van der Waals surface area contributed by atoms with Gasteiger partial charge in [-0.05, 0) is 12.5 Å². The third-order valence-electron chi connectivity index (χ3n) is 3.63. The second kappa shape index (κ2) is 5.55. The van der Waals surface area contributed by atoms with Crippen molar-refractivity contribution in [2.24, 2.45) is 0 Å². The monoisotopic (exact) mass is 256 g/mol. The molecule has 0 unspecified atom stereocenters. The van der Waals surface area contributed by atoms with Crippen molar-refractivity contribution in [3.05, 3.63) is 42.1 Å². The van der Waals surface area contributed by atoms with Crippen molar-refractivity contribution >= 4 is 0 Å². The standard InChI is InChI=1S/C15H20N4/c1-12-10-19(8-7-16-12)11-14-9-17-18-15(14)13-5-3-2-4-6-13/h2-6,9,12,16H,7-8,10-11H2,1H3,(H,17,18)/t12-/m0/s1. The number of piperazine rings is 1. The number of hydrogen-bond donors (Lipinski definition) is 2. The van der Waals surface area contributed by atoms with Crippen LogP contribution in [0.1, 0.15) is 12.5 Å². The van der Waals surface area contributed by atoms with E-state index in [4.69, 9.17) is 0 Å². The molecule has 0 bridgehead atoms. The maximum atomic E-state index is 4.22. The van der Waals surface area contributed by atoms with E-state index in [1.807, 2.05) is 12.3 Å². The molecule has 0 aliphatic carbocycles. The van der Waals surface area contributed by atoms with E-state index in [9.17, 15) is 0 Å². The van der Waals surface area contributed by atoms with Gasteiger partial charge in [-0.25, -0.2) is 0 Å². The number of aromatic amines is 1. The predicted molar refractivity (Wildman–Crippen MR) is 76.8 cm³/mol. The van der Waals surface area contributed by atoms with Gasteiger partial charge in [0.15, 0.2) is 0 Å². The van der Waals surface area contributed by atoms with E-state index in [1.54, 1.807) is 0 Å². The molecule has 1 saturated heterocycles. The summed E-state index contributed by atoms with van der Waals surface area (Å²) in [4.78, 5) is 2.48. The zero-order chi connectivity index (χ0) is 13.1. The zero-order valence-corrected chi connectivity index (χ0v) is 11.3. The number of rotatable bonds is 3. The SMILES string of the molecule is C[C@H]1CN(Cc2cn[nH]c2-c2ccccc2)CCN1. The second-order valence-corrected chi connectivity index (χ2v) is 5.23. The Morgan fingerprint density at radius 3 is 2.95 bits per heavy atom. The van der Waals surface area contributed by atoms with Crippen LogP contribution in [0.15, 0.2) is 36.5 Å². The van der Waals surface area contributed by atoms with E-state index in [0.717, 1.165) is 31.9 Å². The van der Waals surface area contributed by atoms with Crippen LogP contribution in [0, 0.1) is 0 Å². The summed E-state index contributed by atoms with van der Waals surface area (Å²) in [7, 11) is 0. The Bertz CT molecular complexity index is 520. The van der Waals surface area contributed by atoms with Crippen LogP contribution in [0.25, 0.3) is 11.3 Å². The predicted octanol–water partition coefficient (Wildman–Crippen LogP) is 1.87. The van der Waals surface area contributed by atoms with Gasteiger partial charge in [0, 0.05) is 37.8 Å². The largest absolute Gasteiger partial charge is 0.312 e. The van der Waals surface area contributed by atoms with Gasteiger partial charge >= 0.3 is 0 Å². The second-order valence-electron chi connectivity index (χ2n) is 5.23. The molecule has 19 heavy (non-hydrogen) atoms. The fourth-order valence-electron chi connectivity index (χ4n) is 2.68. The number of nitrogens with zero attached hydrogens (tertiary/aromatic N) is 2. The molecule has 3 rings (SSSR count). The molecule has 0 amide bonds. The van der Waals surface area contributed by atoms with Crippen LogP contribution < -0.4 is 5.32 Å². The van der Waals surface area contributed by atoms with E-state index in [1.165, 1.54) is 11.1 Å². The summed E-state index contributed by atoms with van der Waals surface area (Å²) in [6.07, 6.45) is 1.95. The minimum absolute atomic E-state index is 0.570. The van der Waals surface area contributed by atoms with Gasteiger partial charge in [0.1, 0.15) is 0 Å². The van der Waals surface area contributed by atoms with Crippen molar-refractivity contribution in [2.75, 3.05) is 19.6 Å². The van der Waals surface area contributed by atoms with Crippen molar-refractivity contribution in [2.45, 2.75) is 19.5 Å². The van der Waals surface area contributed by atoms with E-state index < -0.39 is 0 Å². The maximum absolute atomic E-state index is 4.22. The first-order valence-corrected chi connectivity index (χ1v) is 6.86. The van der Waals surface area contributed by atoms with Crippen LogP contribution in [0.2, 0.25) is 0 Å². The van der Waals surface area contributed by atoms with Gasteiger partial charge < -0.3 is 5.32 Å². The minimum atomic E-state index is 0.570. The van der Waals surface area contributed by atoms with Crippen molar-refractivity contribution in [3.8, 4) is 11.3 Å². The molecule has 2 heterocycles. The lowest BCUT2D eigenvalue weighted by Gasteiger charge is -2.31. The Morgan fingerprint density at radius 2 is 2.16 bits per heavy atom. The van der Waals surface area contributed by atoms with Crippen LogP contribution in [0.4, 0.5) is 0 Å². The summed E-state index contributed by atoms with van der Waals surface area (Å²) in [6, 6.07) is 11.0. The third kappa shape index (κ3) is 2.85. The first-order chi connectivity index (χ1) is 9.33.